The third-order valence-corrected chi connectivity index (χ3v) is 6.75. The van der Waals surface area contributed by atoms with Gasteiger partial charge in [0.05, 0.1) is 24.5 Å². The molecule has 3 aliphatic rings. The Kier molecular flexibility index (Phi) is 6.32. The molecule has 164 valence electrons. The fourth-order valence-corrected chi connectivity index (χ4v) is 5.95. The first-order valence-electron chi connectivity index (χ1n) is 10.3. The van der Waals surface area contributed by atoms with E-state index in [4.69, 9.17) is 14.6 Å². The van der Waals surface area contributed by atoms with Gasteiger partial charge in [0.25, 0.3) is 0 Å². The van der Waals surface area contributed by atoms with E-state index in [9.17, 15) is 14.4 Å². The van der Waals surface area contributed by atoms with Crippen molar-refractivity contribution in [1.29, 1.82) is 0 Å². The molecule has 0 radical (unpaired) electrons. The number of fused-ring (bicyclic) bond motifs is 1. The van der Waals surface area contributed by atoms with E-state index in [1.165, 1.54) is 0 Å². The minimum atomic E-state index is -1.05. The SMILES string of the molecule is CCOC(=O)[C@@H]1[C@H]2O[C@@]3(CC2Br)[C@H](C(=O)NC(C)(C)C)N(CCCCO)C(=O)[C@@H]13. The van der Waals surface area contributed by atoms with Crippen molar-refractivity contribution in [3.8, 4) is 0 Å². The van der Waals surface area contributed by atoms with Gasteiger partial charge in [-0.25, -0.2) is 0 Å². The van der Waals surface area contributed by atoms with Crippen LogP contribution in [-0.2, 0) is 23.9 Å². The standard InChI is InChI=1S/C20H31BrN2O6/c1-5-28-18(27)12-13-17(26)23(8-6-7-9-24)15(16(25)22-19(2,3)4)20(13)10-11(21)14(12)29-20/h11-15,24H,5-10H2,1-4H3,(H,22,25)/t11?,12-,13+,14-,15-,20+/m0/s1. The van der Waals surface area contributed by atoms with Crippen LogP contribution in [0.4, 0.5) is 0 Å². The maximum Gasteiger partial charge on any atom is 0.312 e. The molecule has 3 aliphatic heterocycles. The van der Waals surface area contributed by atoms with Gasteiger partial charge in [-0.15, -0.1) is 0 Å². The molecule has 1 unspecified atom stereocenters. The number of aliphatic hydroxyl groups is 1. The molecule has 0 saturated carbocycles. The minimum absolute atomic E-state index is 0.0168. The first kappa shape index (κ1) is 22.5. The maximum absolute atomic E-state index is 13.5. The van der Waals surface area contributed by atoms with Crippen molar-refractivity contribution in [3.63, 3.8) is 0 Å². The number of rotatable bonds is 7. The van der Waals surface area contributed by atoms with Gasteiger partial charge in [0.2, 0.25) is 11.8 Å². The van der Waals surface area contributed by atoms with E-state index in [-0.39, 0.29) is 29.9 Å². The Labute approximate surface area is 179 Å². The molecule has 2 N–H and O–H groups in total. The lowest BCUT2D eigenvalue weighted by Gasteiger charge is -2.35. The summed E-state index contributed by atoms with van der Waals surface area (Å²) in [6.45, 7) is 7.94. The summed E-state index contributed by atoms with van der Waals surface area (Å²) < 4.78 is 11.6. The highest BCUT2D eigenvalue weighted by molar-refractivity contribution is 9.09. The largest absolute Gasteiger partial charge is 0.466 e. The molecular formula is C20H31BrN2O6. The molecule has 8 nitrogen and oxygen atoms in total. The van der Waals surface area contributed by atoms with Gasteiger partial charge < -0.3 is 24.8 Å². The Bertz CT molecular complexity index is 680. The lowest BCUT2D eigenvalue weighted by atomic mass is 9.70. The van der Waals surface area contributed by atoms with Crippen LogP contribution in [0.1, 0.15) is 47.0 Å². The number of nitrogens with zero attached hydrogens (tertiary/aromatic N) is 1. The van der Waals surface area contributed by atoms with Gasteiger partial charge in [0, 0.05) is 23.5 Å². The third-order valence-electron chi connectivity index (χ3n) is 5.90. The Morgan fingerprint density at radius 3 is 2.66 bits per heavy atom. The van der Waals surface area contributed by atoms with Crippen LogP contribution in [0.2, 0.25) is 0 Å². The number of alkyl halides is 1. The normalized spacial score (nSPS) is 35.7. The summed E-state index contributed by atoms with van der Waals surface area (Å²) in [5.74, 6) is -2.42. The molecule has 0 aliphatic carbocycles. The molecule has 1 spiro atoms. The van der Waals surface area contributed by atoms with Crippen molar-refractivity contribution in [2.45, 2.75) is 75.1 Å². The number of halogens is 1. The van der Waals surface area contributed by atoms with Crippen LogP contribution >= 0.6 is 15.9 Å². The van der Waals surface area contributed by atoms with Crippen LogP contribution in [-0.4, -0.2) is 75.7 Å². The van der Waals surface area contributed by atoms with Crippen molar-refractivity contribution in [1.82, 2.24) is 10.2 Å². The number of ether oxygens (including phenoxy) is 2. The van der Waals surface area contributed by atoms with E-state index in [2.05, 4.69) is 21.2 Å². The zero-order valence-corrected chi connectivity index (χ0v) is 19.0. The summed E-state index contributed by atoms with van der Waals surface area (Å²) >= 11 is 3.60. The summed E-state index contributed by atoms with van der Waals surface area (Å²) in [5.41, 5.74) is -1.53. The van der Waals surface area contributed by atoms with Gasteiger partial charge in [-0.1, -0.05) is 15.9 Å². The van der Waals surface area contributed by atoms with Crippen molar-refractivity contribution in [2.24, 2.45) is 11.8 Å². The Balaban J connectivity index is 1.99. The second-order valence-electron chi connectivity index (χ2n) is 9.12. The van der Waals surface area contributed by atoms with Crippen molar-refractivity contribution in [3.05, 3.63) is 0 Å². The van der Waals surface area contributed by atoms with Gasteiger partial charge in [0.15, 0.2) is 0 Å². The lowest BCUT2D eigenvalue weighted by molar-refractivity contribution is -0.154. The minimum Gasteiger partial charge on any atom is -0.466 e. The summed E-state index contributed by atoms with van der Waals surface area (Å²) in [4.78, 5) is 40.9. The molecule has 0 aromatic carbocycles. The lowest BCUT2D eigenvalue weighted by Crippen LogP contribution is -2.58. The highest BCUT2D eigenvalue weighted by atomic mass is 79.9. The number of amides is 2. The fraction of sp³-hybridized carbons (Fsp3) is 0.850. The quantitative estimate of drug-likeness (QED) is 0.323. The summed E-state index contributed by atoms with van der Waals surface area (Å²) in [5, 5.41) is 12.1. The van der Waals surface area contributed by atoms with E-state index in [0.717, 1.165) is 0 Å². The van der Waals surface area contributed by atoms with Crippen LogP contribution in [0.25, 0.3) is 0 Å². The molecule has 29 heavy (non-hydrogen) atoms. The maximum atomic E-state index is 13.5. The number of carbonyl (C=O) groups is 3. The number of carbonyl (C=O) groups excluding carboxylic acids is 3. The zero-order chi connectivity index (χ0) is 21.6. The number of nitrogens with one attached hydrogen (secondary N) is 1. The van der Waals surface area contributed by atoms with Gasteiger partial charge in [-0.2, -0.15) is 0 Å². The van der Waals surface area contributed by atoms with E-state index in [0.29, 0.717) is 25.8 Å². The number of unbranched alkanes of at least 4 members (excludes halogenated alkanes) is 1. The molecule has 3 saturated heterocycles. The topological polar surface area (TPSA) is 105 Å². The fourth-order valence-electron chi connectivity index (χ4n) is 5.01. The van der Waals surface area contributed by atoms with Crippen LogP contribution in [0.15, 0.2) is 0 Å². The molecular weight excluding hydrogens is 444 g/mol. The Morgan fingerprint density at radius 2 is 2.07 bits per heavy atom. The second-order valence-corrected chi connectivity index (χ2v) is 10.3. The smallest absolute Gasteiger partial charge is 0.312 e. The molecule has 2 bridgehead atoms. The number of aliphatic hydroxyl groups excluding tert-OH is 1. The predicted molar refractivity (Wildman–Crippen MR) is 108 cm³/mol. The van der Waals surface area contributed by atoms with E-state index in [1.807, 2.05) is 20.8 Å². The Hall–Kier alpha value is -1.19. The molecule has 6 atom stereocenters. The molecule has 3 heterocycles. The summed E-state index contributed by atoms with van der Waals surface area (Å²) in [6, 6.07) is -0.817. The molecule has 3 fully saturated rings. The van der Waals surface area contributed by atoms with E-state index in [1.54, 1.807) is 11.8 Å². The molecule has 0 aromatic rings. The van der Waals surface area contributed by atoms with Crippen LogP contribution in [0, 0.1) is 11.8 Å². The van der Waals surface area contributed by atoms with Gasteiger partial charge in [-0.05, 0) is 47.0 Å². The first-order chi connectivity index (χ1) is 13.6. The van der Waals surface area contributed by atoms with Crippen LogP contribution in [0.3, 0.4) is 0 Å². The monoisotopic (exact) mass is 474 g/mol. The molecule has 2 amide bonds. The van der Waals surface area contributed by atoms with Crippen LogP contribution in [0.5, 0.6) is 0 Å². The van der Waals surface area contributed by atoms with Crippen LogP contribution < -0.4 is 5.32 Å². The third kappa shape index (κ3) is 3.81. The predicted octanol–water partition coefficient (Wildman–Crippen LogP) is 0.985. The summed E-state index contributed by atoms with van der Waals surface area (Å²) in [7, 11) is 0. The molecule has 9 heteroatoms. The molecule has 0 aromatic heterocycles. The van der Waals surface area contributed by atoms with Gasteiger partial charge >= 0.3 is 5.97 Å². The number of hydrogen-bond donors (Lipinski definition) is 2. The van der Waals surface area contributed by atoms with Crippen molar-refractivity contribution >= 4 is 33.7 Å². The number of esters is 1. The van der Waals surface area contributed by atoms with Gasteiger partial charge in [-0.3, -0.25) is 14.4 Å². The number of likely N-dealkylation sites (tertiary alicyclic amines) is 1. The highest BCUT2D eigenvalue weighted by Gasteiger charge is 2.76. The second kappa shape index (κ2) is 8.15. The van der Waals surface area contributed by atoms with Gasteiger partial charge in [0.1, 0.15) is 11.6 Å². The van der Waals surface area contributed by atoms with E-state index < -0.39 is 41.1 Å². The zero-order valence-electron chi connectivity index (χ0n) is 17.4. The summed E-state index contributed by atoms with van der Waals surface area (Å²) in [6.07, 6.45) is 1.08. The molecule has 3 rings (SSSR count). The average Bonchev–Trinajstić information content (AvgIpc) is 3.18. The Morgan fingerprint density at radius 1 is 1.38 bits per heavy atom. The number of hydrogen-bond acceptors (Lipinski definition) is 6. The van der Waals surface area contributed by atoms with Crippen molar-refractivity contribution < 1.29 is 29.0 Å². The highest BCUT2D eigenvalue weighted by Crippen LogP contribution is 2.60. The van der Waals surface area contributed by atoms with Crippen molar-refractivity contribution in [2.75, 3.05) is 19.8 Å². The first-order valence-corrected chi connectivity index (χ1v) is 11.2. The van der Waals surface area contributed by atoms with E-state index >= 15 is 0 Å². The average molecular weight is 475 g/mol.